The summed E-state index contributed by atoms with van der Waals surface area (Å²) < 4.78 is 5.08. The topological polar surface area (TPSA) is 29.5 Å². The van der Waals surface area contributed by atoms with Crippen LogP contribution in [0.25, 0.3) is 0 Å². The Balaban J connectivity index is 1.68. The maximum Gasteiger partial charge on any atom is 0.143 e. The Labute approximate surface area is 61.2 Å². The van der Waals surface area contributed by atoms with Crippen LogP contribution in [0.5, 0.6) is 0 Å². The second-order valence-corrected chi connectivity index (χ2v) is 3.42. The average molecular weight is 142 g/mol. The van der Waals surface area contributed by atoms with Crippen molar-refractivity contribution in [1.29, 1.82) is 0 Å². The van der Waals surface area contributed by atoms with Gasteiger partial charge in [-0.3, -0.25) is 0 Å². The SMILES string of the molecule is OCOC1CC1C1CCC1. The second kappa shape index (κ2) is 2.51. The van der Waals surface area contributed by atoms with E-state index in [1.54, 1.807) is 0 Å². The minimum atomic E-state index is -0.0894. The van der Waals surface area contributed by atoms with Gasteiger partial charge in [0.2, 0.25) is 0 Å². The van der Waals surface area contributed by atoms with Gasteiger partial charge in [0.25, 0.3) is 0 Å². The van der Waals surface area contributed by atoms with E-state index in [4.69, 9.17) is 9.84 Å². The molecule has 2 aliphatic carbocycles. The Morgan fingerprint density at radius 1 is 1.40 bits per heavy atom. The smallest absolute Gasteiger partial charge is 0.143 e. The largest absolute Gasteiger partial charge is 0.371 e. The van der Waals surface area contributed by atoms with Crippen molar-refractivity contribution in [2.24, 2.45) is 11.8 Å². The van der Waals surface area contributed by atoms with Gasteiger partial charge in [0.05, 0.1) is 6.10 Å². The zero-order valence-electron chi connectivity index (χ0n) is 6.12. The van der Waals surface area contributed by atoms with Crippen LogP contribution in [-0.4, -0.2) is 18.0 Å². The van der Waals surface area contributed by atoms with Crippen LogP contribution in [0.1, 0.15) is 25.7 Å². The van der Waals surface area contributed by atoms with E-state index in [0.717, 1.165) is 11.8 Å². The maximum absolute atomic E-state index is 8.44. The van der Waals surface area contributed by atoms with Gasteiger partial charge in [-0.1, -0.05) is 19.3 Å². The number of hydrogen-bond donors (Lipinski definition) is 1. The normalized spacial score (nSPS) is 39.3. The fourth-order valence-electron chi connectivity index (χ4n) is 1.84. The minimum Gasteiger partial charge on any atom is -0.371 e. The third-order valence-corrected chi connectivity index (χ3v) is 2.82. The summed E-state index contributed by atoms with van der Waals surface area (Å²) in [6.45, 7) is -0.0894. The lowest BCUT2D eigenvalue weighted by Crippen LogP contribution is -2.16. The molecule has 10 heavy (non-hydrogen) atoms. The highest BCUT2D eigenvalue weighted by molar-refractivity contribution is 4.95. The van der Waals surface area contributed by atoms with E-state index >= 15 is 0 Å². The van der Waals surface area contributed by atoms with Gasteiger partial charge in [0.15, 0.2) is 0 Å². The highest BCUT2D eigenvalue weighted by Gasteiger charge is 2.45. The molecule has 0 heterocycles. The zero-order chi connectivity index (χ0) is 6.97. The summed E-state index contributed by atoms with van der Waals surface area (Å²) in [5.41, 5.74) is 0. The Kier molecular flexibility index (Phi) is 1.66. The van der Waals surface area contributed by atoms with Crippen molar-refractivity contribution in [3.63, 3.8) is 0 Å². The quantitative estimate of drug-likeness (QED) is 0.599. The summed E-state index contributed by atoms with van der Waals surface area (Å²) >= 11 is 0. The highest BCUT2D eigenvalue weighted by atomic mass is 16.6. The Morgan fingerprint density at radius 2 is 2.20 bits per heavy atom. The molecule has 0 saturated heterocycles. The Bertz CT molecular complexity index is 120. The molecule has 2 saturated carbocycles. The monoisotopic (exact) mass is 142 g/mol. The van der Waals surface area contributed by atoms with Crippen LogP contribution in [0.3, 0.4) is 0 Å². The van der Waals surface area contributed by atoms with E-state index < -0.39 is 0 Å². The molecular weight excluding hydrogens is 128 g/mol. The number of aliphatic hydroxyl groups excluding tert-OH is 1. The van der Waals surface area contributed by atoms with Gasteiger partial charge in [-0.05, 0) is 18.3 Å². The maximum atomic E-state index is 8.44. The molecule has 2 nitrogen and oxygen atoms in total. The molecular formula is C8H14O2. The van der Waals surface area contributed by atoms with Crippen molar-refractivity contribution in [3.05, 3.63) is 0 Å². The van der Waals surface area contributed by atoms with Crippen LogP contribution in [0.2, 0.25) is 0 Å². The van der Waals surface area contributed by atoms with Crippen LogP contribution in [0, 0.1) is 11.8 Å². The number of hydrogen-bond acceptors (Lipinski definition) is 2. The fourth-order valence-corrected chi connectivity index (χ4v) is 1.84. The molecule has 2 atom stereocenters. The van der Waals surface area contributed by atoms with E-state index in [2.05, 4.69) is 0 Å². The summed E-state index contributed by atoms with van der Waals surface area (Å²) in [4.78, 5) is 0. The van der Waals surface area contributed by atoms with Crippen molar-refractivity contribution >= 4 is 0 Å². The molecule has 1 N–H and O–H groups in total. The van der Waals surface area contributed by atoms with E-state index in [1.807, 2.05) is 0 Å². The molecule has 2 aliphatic rings. The lowest BCUT2D eigenvalue weighted by molar-refractivity contribution is -0.0224. The Hall–Kier alpha value is -0.0800. The van der Waals surface area contributed by atoms with Crippen LogP contribution in [-0.2, 0) is 4.74 Å². The third kappa shape index (κ3) is 1.06. The summed E-state index contributed by atoms with van der Waals surface area (Å²) in [5.74, 6) is 1.75. The number of rotatable bonds is 3. The average Bonchev–Trinajstić information content (AvgIpc) is 2.44. The van der Waals surface area contributed by atoms with Crippen LogP contribution in [0.15, 0.2) is 0 Å². The lowest BCUT2D eigenvalue weighted by atomic mass is 9.81. The second-order valence-electron chi connectivity index (χ2n) is 3.42. The first-order chi connectivity index (χ1) is 4.92. The molecule has 2 rings (SSSR count). The molecule has 0 aromatic rings. The van der Waals surface area contributed by atoms with Gasteiger partial charge in [-0.2, -0.15) is 0 Å². The molecule has 0 aromatic carbocycles. The van der Waals surface area contributed by atoms with Crippen molar-refractivity contribution < 1.29 is 9.84 Å². The molecule has 0 radical (unpaired) electrons. The predicted molar refractivity (Wildman–Crippen MR) is 37.4 cm³/mol. The molecule has 0 aliphatic heterocycles. The molecule has 0 spiro atoms. The summed E-state index contributed by atoms with van der Waals surface area (Å²) in [7, 11) is 0. The summed E-state index contributed by atoms with van der Waals surface area (Å²) in [6.07, 6.45) is 5.82. The minimum absolute atomic E-state index is 0.0894. The van der Waals surface area contributed by atoms with Crippen LogP contribution >= 0.6 is 0 Å². The van der Waals surface area contributed by atoms with Crippen molar-refractivity contribution in [2.45, 2.75) is 31.8 Å². The first kappa shape index (κ1) is 6.62. The number of ether oxygens (including phenoxy) is 1. The van der Waals surface area contributed by atoms with Gasteiger partial charge in [0, 0.05) is 0 Å². The van der Waals surface area contributed by atoms with Crippen molar-refractivity contribution in [2.75, 3.05) is 6.79 Å². The molecule has 2 fully saturated rings. The standard InChI is InChI=1S/C8H14O2/c9-5-10-8-4-7(8)6-2-1-3-6/h6-9H,1-5H2. The van der Waals surface area contributed by atoms with Gasteiger partial charge < -0.3 is 9.84 Å². The van der Waals surface area contributed by atoms with Crippen LogP contribution in [0.4, 0.5) is 0 Å². The molecule has 58 valence electrons. The van der Waals surface area contributed by atoms with E-state index in [0.29, 0.717) is 6.10 Å². The van der Waals surface area contributed by atoms with Crippen molar-refractivity contribution in [1.82, 2.24) is 0 Å². The van der Waals surface area contributed by atoms with Crippen LogP contribution < -0.4 is 0 Å². The molecule has 2 heteroatoms. The molecule has 2 unspecified atom stereocenters. The predicted octanol–water partition coefficient (Wildman–Crippen LogP) is 1.14. The first-order valence-corrected chi connectivity index (χ1v) is 4.14. The van der Waals surface area contributed by atoms with E-state index in [9.17, 15) is 0 Å². The van der Waals surface area contributed by atoms with Gasteiger partial charge >= 0.3 is 0 Å². The van der Waals surface area contributed by atoms with E-state index in [-0.39, 0.29) is 6.79 Å². The van der Waals surface area contributed by atoms with Gasteiger partial charge in [0.1, 0.15) is 6.79 Å². The third-order valence-electron chi connectivity index (χ3n) is 2.82. The highest BCUT2D eigenvalue weighted by Crippen LogP contribution is 2.48. The lowest BCUT2D eigenvalue weighted by Gasteiger charge is -2.25. The summed E-state index contributed by atoms with van der Waals surface area (Å²) in [6, 6.07) is 0. The zero-order valence-corrected chi connectivity index (χ0v) is 6.12. The molecule has 0 amide bonds. The van der Waals surface area contributed by atoms with E-state index in [1.165, 1.54) is 25.7 Å². The number of aliphatic hydroxyl groups is 1. The fraction of sp³-hybridized carbons (Fsp3) is 1.00. The van der Waals surface area contributed by atoms with Gasteiger partial charge in [-0.25, -0.2) is 0 Å². The molecule has 0 aromatic heterocycles. The van der Waals surface area contributed by atoms with Crippen molar-refractivity contribution in [3.8, 4) is 0 Å². The molecule has 0 bridgehead atoms. The Morgan fingerprint density at radius 3 is 2.70 bits per heavy atom. The summed E-state index contributed by atoms with van der Waals surface area (Å²) in [5, 5.41) is 8.44. The van der Waals surface area contributed by atoms with Gasteiger partial charge in [-0.15, -0.1) is 0 Å². The first-order valence-electron chi connectivity index (χ1n) is 4.14.